The lowest BCUT2D eigenvalue weighted by molar-refractivity contribution is 0.0517. The van der Waals surface area contributed by atoms with E-state index < -0.39 is 5.97 Å². The predicted molar refractivity (Wildman–Crippen MR) is 54.4 cm³/mol. The average molecular weight is 226 g/mol. The number of carbonyl (C=O) groups excluding carboxylic acids is 1. The first-order chi connectivity index (χ1) is 7.76. The van der Waals surface area contributed by atoms with E-state index in [-0.39, 0.29) is 18.3 Å². The monoisotopic (exact) mass is 226 g/mol. The van der Waals surface area contributed by atoms with Gasteiger partial charge in [-0.3, -0.25) is 0 Å². The third-order valence-electron chi connectivity index (χ3n) is 2.44. The van der Waals surface area contributed by atoms with Crippen LogP contribution in [0.15, 0.2) is 6.07 Å². The maximum Gasteiger partial charge on any atom is 0.358 e. The van der Waals surface area contributed by atoms with E-state index in [0.29, 0.717) is 25.5 Å². The van der Waals surface area contributed by atoms with E-state index in [1.54, 1.807) is 13.0 Å². The number of fused-ring (bicyclic) bond motifs is 1. The lowest BCUT2D eigenvalue weighted by atomic mass is 10.2. The van der Waals surface area contributed by atoms with Crippen LogP contribution in [0.2, 0.25) is 0 Å². The molecule has 0 amide bonds. The summed E-state index contributed by atoms with van der Waals surface area (Å²) in [6, 6.07) is 1.42. The fourth-order valence-electron chi connectivity index (χ4n) is 1.64. The number of aromatic nitrogens is 2. The number of nitrogens with zero attached hydrogens (tertiary/aromatic N) is 2. The van der Waals surface area contributed by atoms with Gasteiger partial charge in [0.05, 0.1) is 25.9 Å². The van der Waals surface area contributed by atoms with Crippen molar-refractivity contribution in [1.29, 1.82) is 0 Å². The summed E-state index contributed by atoms with van der Waals surface area (Å²) in [5, 5.41) is 13.2. The number of ether oxygens (including phenoxy) is 2. The Kier molecular flexibility index (Phi) is 3.09. The maximum absolute atomic E-state index is 11.4. The van der Waals surface area contributed by atoms with Crippen LogP contribution in [0.25, 0.3) is 0 Å². The van der Waals surface area contributed by atoms with Crippen LogP contribution in [0.4, 0.5) is 0 Å². The molecule has 88 valence electrons. The third kappa shape index (κ3) is 1.88. The quantitative estimate of drug-likeness (QED) is 0.754. The van der Waals surface area contributed by atoms with E-state index in [4.69, 9.17) is 14.6 Å². The van der Waals surface area contributed by atoms with Crippen molar-refractivity contribution in [2.24, 2.45) is 0 Å². The predicted octanol–water partition coefficient (Wildman–Crippen LogP) is 0.376. The van der Waals surface area contributed by atoms with E-state index in [0.717, 1.165) is 0 Å². The van der Waals surface area contributed by atoms with Gasteiger partial charge in [0, 0.05) is 12.5 Å². The summed E-state index contributed by atoms with van der Waals surface area (Å²) in [7, 11) is 0. The normalized spacial score (nSPS) is 18.8. The van der Waals surface area contributed by atoms with Gasteiger partial charge in [-0.1, -0.05) is 0 Å². The highest BCUT2D eigenvalue weighted by Crippen LogP contribution is 2.26. The van der Waals surface area contributed by atoms with Gasteiger partial charge in [0.2, 0.25) is 5.88 Å². The summed E-state index contributed by atoms with van der Waals surface area (Å²) in [6.45, 7) is 2.56. The molecule has 1 aliphatic heterocycles. The van der Waals surface area contributed by atoms with Gasteiger partial charge in [-0.05, 0) is 6.92 Å². The number of aliphatic hydroxyl groups is 1. The Balaban J connectivity index is 2.25. The number of esters is 1. The summed E-state index contributed by atoms with van der Waals surface area (Å²) in [5.74, 6) is 0.0399. The van der Waals surface area contributed by atoms with Crippen LogP contribution in [0.3, 0.4) is 0 Å². The largest absolute Gasteiger partial charge is 0.478 e. The zero-order valence-corrected chi connectivity index (χ0v) is 9.05. The summed E-state index contributed by atoms with van der Waals surface area (Å²) in [6.07, 6.45) is 0.688. The minimum Gasteiger partial charge on any atom is -0.478 e. The summed E-state index contributed by atoms with van der Waals surface area (Å²) < 4.78 is 11.7. The van der Waals surface area contributed by atoms with E-state index >= 15 is 0 Å². The third-order valence-corrected chi connectivity index (χ3v) is 2.44. The molecule has 0 aromatic carbocycles. The second kappa shape index (κ2) is 4.52. The van der Waals surface area contributed by atoms with Crippen molar-refractivity contribution in [3.8, 4) is 5.88 Å². The minimum atomic E-state index is -0.468. The van der Waals surface area contributed by atoms with Crippen molar-refractivity contribution < 1.29 is 19.4 Å². The molecule has 0 bridgehead atoms. The lowest BCUT2D eigenvalue weighted by Gasteiger charge is -2.22. The van der Waals surface area contributed by atoms with Gasteiger partial charge in [-0.15, -0.1) is 0 Å². The number of hydrogen-bond donors (Lipinski definition) is 1. The molecule has 0 radical (unpaired) electrons. The molecule has 1 N–H and O–H groups in total. The van der Waals surface area contributed by atoms with Crippen LogP contribution in [0.5, 0.6) is 5.88 Å². The number of hydrogen-bond acceptors (Lipinski definition) is 5. The molecule has 0 aliphatic carbocycles. The molecule has 0 spiro atoms. The molecule has 1 unspecified atom stereocenters. The Labute approximate surface area is 92.8 Å². The van der Waals surface area contributed by atoms with Gasteiger partial charge in [-0.25, -0.2) is 9.48 Å². The molecule has 6 heteroatoms. The SMILES string of the molecule is CCOC(=O)c1cc2n(n1)C(CO)CCO2. The maximum atomic E-state index is 11.4. The number of rotatable bonds is 3. The summed E-state index contributed by atoms with van der Waals surface area (Å²) >= 11 is 0. The Morgan fingerprint density at radius 2 is 2.62 bits per heavy atom. The standard InChI is InChI=1S/C10H14N2O4/c1-2-15-10(14)8-5-9-12(11-8)7(6-13)3-4-16-9/h5,7,13H,2-4,6H2,1H3. The van der Waals surface area contributed by atoms with Crippen molar-refractivity contribution in [3.05, 3.63) is 11.8 Å². The number of carbonyl (C=O) groups is 1. The van der Waals surface area contributed by atoms with Crippen molar-refractivity contribution in [2.45, 2.75) is 19.4 Å². The fraction of sp³-hybridized carbons (Fsp3) is 0.600. The Morgan fingerprint density at radius 1 is 1.81 bits per heavy atom. The Hall–Kier alpha value is -1.56. The molecule has 6 nitrogen and oxygen atoms in total. The van der Waals surface area contributed by atoms with Gasteiger partial charge in [-0.2, -0.15) is 5.10 Å². The van der Waals surface area contributed by atoms with Crippen molar-refractivity contribution in [3.63, 3.8) is 0 Å². The zero-order chi connectivity index (χ0) is 11.5. The van der Waals surface area contributed by atoms with Crippen molar-refractivity contribution in [1.82, 2.24) is 9.78 Å². The number of aliphatic hydroxyl groups excluding tert-OH is 1. The van der Waals surface area contributed by atoms with Crippen LogP contribution in [-0.4, -0.2) is 40.7 Å². The smallest absolute Gasteiger partial charge is 0.358 e. The Bertz CT molecular complexity index is 388. The lowest BCUT2D eigenvalue weighted by Crippen LogP contribution is -2.24. The molecular formula is C10H14N2O4. The Morgan fingerprint density at radius 3 is 3.31 bits per heavy atom. The molecule has 0 saturated carbocycles. The molecule has 1 aromatic rings. The summed E-state index contributed by atoms with van der Waals surface area (Å²) in [5.41, 5.74) is 0.220. The molecular weight excluding hydrogens is 212 g/mol. The molecule has 1 aromatic heterocycles. The first kappa shape index (κ1) is 10.9. The fourth-order valence-corrected chi connectivity index (χ4v) is 1.64. The van der Waals surface area contributed by atoms with Crippen LogP contribution in [-0.2, 0) is 4.74 Å². The second-order valence-corrected chi connectivity index (χ2v) is 3.51. The van der Waals surface area contributed by atoms with Gasteiger partial charge < -0.3 is 14.6 Å². The van der Waals surface area contributed by atoms with Gasteiger partial charge in [0.15, 0.2) is 5.69 Å². The van der Waals surface area contributed by atoms with E-state index in [9.17, 15) is 4.79 Å². The van der Waals surface area contributed by atoms with Crippen molar-refractivity contribution >= 4 is 5.97 Å². The summed E-state index contributed by atoms with van der Waals surface area (Å²) in [4.78, 5) is 11.4. The molecule has 0 saturated heterocycles. The molecule has 2 rings (SSSR count). The molecule has 1 atom stereocenters. The van der Waals surface area contributed by atoms with Gasteiger partial charge in [0.25, 0.3) is 0 Å². The first-order valence-corrected chi connectivity index (χ1v) is 5.26. The van der Waals surface area contributed by atoms with E-state index in [2.05, 4.69) is 5.10 Å². The molecule has 0 fully saturated rings. The van der Waals surface area contributed by atoms with Gasteiger partial charge in [0.1, 0.15) is 0 Å². The highest BCUT2D eigenvalue weighted by atomic mass is 16.5. The van der Waals surface area contributed by atoms with E-state index in [1.807, 2.05) is 0 Å². The molecule has 1 aliphatic rings. The first-order valence-electron chi connectivity index (χ1n) is 5.26. The van der Waals surface area contributed by atoms with Crippen LogP contribution >= 0.6 is 0 Å². The molecule has 16 heavy (non-hydrogen) atoms. The van der Waals surface area contributed by atoms with Crippen LogP contribution in [0, 0.1) is 0 Å². The van der Waals surface area contributed by atoms with Crippen LogP contribution < -0.4 is 4.74 Å². The highest BCUT2D eigenvalue weighted by Gasteiger charge is 2.24. The topological polar surface area (TPSA) is 73.6 Å². The minimum absolute atomic E-state index is 0.0136. The van der Waals surface area contributed by atoms with Crippen LogP contribution in [0.1, 0.15) is 29.9 Å². The average Bonchev–Trinajstić information content (AvgIpc) is 2.72. The van der Waals surface area contributed by atoms with E-state index in [1.165, 1.54) is 4.68 Å². The van der Waals surface area contributed by atoms with Crippen molar-refractivity contribution in [2.75, 3.05) is 19.8 Å². The molecule has 2 heterocycles. The second-order valence-electron chi connectivity index (χ2n) is 3.51. The highest BCUT2D eigenvalue weighted by molar-refractivity contribution is 5.87. The van der Waals surface area contributed by atoms with Gasteiger partial charge >= 0.3 is 5.97 Å². The zero-order valence-electron chi connectivity index (χ0n) is 9.05.